The van der Waals surface area contributed by atoms with Crippen LogP contribution in [0.5, 0.6) is 0 Å². The molecule has 0 aliphatic carbocycles. The van der Waals surface area contributed by atoms with Crippen LogP contribution in [0, 0.1) is 5.92 Å². The van der Waals surface area contributed by atoms with E-state index in [1.54, 1.807) is 0 Å². The molecule has 18 heavy (non-hydrogen) atoms. The molecule has 0 bridgehead atoms. The summed E-state index contributed by atoms with van der Waals surface area (Å²) in [5.74, 6) is 0.680. The Hall–Kier alpha value is -1.61. The van der Waals surface area contributed by atoms with E-state index in [9.17, 15) is 0 Å². The summed E-state index contributed by atoms with van der Waals surface area (Å²) < 4.78 is 0. The van der Waals surface area contributed by atoms with Crippen molar-refractivity contribution in [1.29, 1.82) is 0 Å². The zero-order valence-corrected chi connectivity index (χ0v) is 10.8. The molecule has 2 heterocycles. The molecule has 0 spiro atoms. The van der Waals surface area contributed by atoms with Crippen molar-refractivity contribution in [3.8, 4) is 0 Å². The monoisotopic (exact) mass is 241 g/mol. The van der Waals surface area contributed by atoms with Crippen LogP contribution in [-0.2, 0) is 0 Å². The van der Waals surface area contributed by atoms with Gasteiger partial charge in [0.2, 0.25) is 0 Å². The Kier molecular flexibility index (Phi) is 3.15. The van der Waals surface area contributed by atoms with Crippen molar-refractivity contribution in [3.05, 3.63) is 36.7 Å². The van der Waals surface area contributed by atoms with Gasteiger partial charge in [0.15, 0.2) is 0 Å². The summed E-state index contributed by atoms with van der Waals surface area (Å²) in [6.07, 6.45) is 3.84. The topological polar surface area (TPSA) is 28.2 Å². The number of hydrogen-bond acceptors (Lipinski definition) is 3. The van der Waals surface area contributed by atoms with Gasteiger partial charge in [-0.2, -0.15) is 0 Å². The van der Waals surface area contributed by atoms with Crippen LogP contribution < -0.4 is 10.2 Å². The normalized spacial score (nSPS) is 20.9. The molecule has 1 N–H and O–H groups in total. The summed E-state index contributed by atoms with van der Waals surface area (Å²) in [6.45, 7) is 6.65. The molecule has 1 unspecified atom stereocenters. The van der Waals surface area contributed by atoms with Gasteiger partial charge in [-0.25, -0.2) is 0 Å². The molecular formula is C15H19N3. The molecule has 0 amide bonds. The number of benzene rings is 1. The molecule has 3 nitrogen and oxygen atoms in total. The number of nitrogens with one attached hydrogen (secondary N) is 1. The van der Waals surface area contributed by atoms with Crippen LogP contribution in [0.3, 0.4) is 0 Å². The maximum Gasteiger partial charge on any atom is 0.0462 e. The van der Waals surface area contributed by atoms with E-state index in [0.717, 1.165) is 26.2 Å². The van der Waals surface area contributed by atoms with Gasteiger partial charge >= 0.3 is 0 Å². The van der Waals surface area contributed by atoms with E-state index in [-0.39, 0.29) is 0 Å². The number of hydrogen-bond donors (Lipinski definition) is 1. The molecule has 3 heteroatoms. The predicted octanol–water partition coefficient (Wildman–Crippen LogP) is 2.28. The van der Waals surface area contributed by atoms with Crippen LogP contribution in [-0.4, -0.2) is 31.2 Å². The second-order valence-corrected chi connectivity index (χ2v) is 5.13. The number of rotatable bonds is 1. The van der Waals surface area contributed by atoms with E-state index >= 15 is 0 Å². The minimum atomic E-state index is 0.680. The molecule has 1 aromatic carbocycles. The highest BCUT2D eigenvalue weighted by Crippen LogP contribution is 2.26. The van der Waals surface area contributed by atoms with Crippen LogP contribution in [0.2, 0.25) is 0 Å². The second kappa shape index (κ2) is 4.94. The Bertz CT molecular complexity index is 533. The van der Waals surface area contributed by atoms with Gasteiger partial charge in [0, 0.05) is 43.1 Å². The lowest BCUT2D eigenvalue weighted by Gasteiger charge is -2.25. The van der Waals surface area contributed by atoms with Crippen LogP contribution >= 0.6 is 0 Å². The minimum Gasteiger partial charge on any atom is -0.369 e. The highest BCUT2D eigenvalue weighted by Gasteiger charge is 2.16. The average Bonchev–Trinajstić information content (AvgIpc) is 2.63. The first-order valence-electron chi connectivity index (χ1n) is 6.63. The van der Waals surface area contributed by atoms with Crippen molar-refractivity contribution >= 4 is 16.5 Å². The molecule has 1 aliphatic rings. The van der Waals surface area contributed by atoms with E-state index in [1.807, 2.05) is 12.4 Å². The molecule has 0 saturated carbocycles. The highest BCUT2D eigenvalue weighted by atomic mass is 15.2. The van der Waals surface area contributed by atoms with E-state index < -0.39 is 0 Å². The Labute approximate surface area is 108 Å². The molecule has 1 aliphatic heterocycles. The lowest BCUT2D eigenvalue weighted by molar-refractivity contribution is 0.564. The smallest absolute Gasteiger partial charge is 0.0462 e. The van der Waals surface area contributed by atoms with E-state index in [4.69, 9.17) is 0 Å². The van der Waals surface area contributed by atoms with Gasteiger partial charge in [0.25, 0.3) is 0 Å². The van der Waals surface area contributed by atoms with Crippen LogP contribution in [0.25, 0.3) is 10.8 Å². The summed E-state index contributed by atoms with van der Waals surface area (Å²) >= 11 is 0. The fourth-order valence-electron chi connectivity index (χ4n) is 2.69. The quantitative estimate of drug-likeness (QED) is 0.830. The zero-order valence-electron chi connectivity index (χ0n) is 10.8. The SMILES string of the molecule is CC1CNCCN(c2cccc3ccncc23)C1. The number of nitrogens with zero attached hydrogens (tertiary/aromatic N) is 2. The lowest BCUT2D eigenvalue weighted by atomic mass is 10.1. The van der Waals surface area contributed by atoms with E-state index in [2.05, 4.69) is 46.4 Å². The maximum absolute atomic E-state index is 4.27. The molecule has 1 atom stereocenters. The van der Waals surface area contributed by atoms with Crippen molar-refractivity contribution in [2.45, 2.75) is 6.92 Å². The average molecular weight is 241 g/mol. The van der Waals surface area contributed by atoms with Gasteiger partial charge in [0.05, 0.1) is 0 Å². The molecule has 1 saturated heterocycles. The van der Waals surface area contributed by atoms with Gasteiger partial charge in [-0.3, -0.25) is 4.98 Å². The van der Waals surface area contributed by atoms with Crippen LogP contribution in [0.15, 0.2) is 36.7 Å². The van der Waals surface area contributed by atoms with Gasteiger partial charge in [-0.15, -0.1) is 0 Å². The summed E-state index contributed by atoms with van der Waals surface area (Å²) in [5.41, 5.74) is 1.32. The van der Waals surface area contributed by atoms with Gasteiger partial charge in [-0.1, -0.05) is 19.1 Å². The Balaban J connectivity index is 2.02. The summed E-state index contributed by atoms with van der Waals surface area (Å²) in [5, 5.41) is 6.02. The van der Waals surface area contributed by atoms with Crippen molar-refractivity contribution < 1.29 is 0 Å². The Morgan fingerprint density at radius 1 is 1.33 bits per heavy atom. The van der Waals surface area contributed by atoms with Gasteiger partial charge < -0.3 is 10.2 Å². The highest BCUT2D eigenvalue weighted by molar-refractivity contribution is 5.93. The first-order chi connectivity index (χ1) is 8.84. The largest absolute Gasteiger partial charge is 0.369 e. The van der Waals surface area contributed by atoms with Crippen molar-refractivity contribution in [2.75, 3.05) is 31.1 Å². The third-order valence-corrected chi connectivity index (χ3v) is 3.58. The van der Waals surface area contributed by atoms with Crippen molar-refractivity contribution in [1.82, 2.24) is 10.3 Å². The van der Waals surface area contributed by atoms with E-state index in [0.29, 0.717) is 5.92 Å². The number of fused-ring (bicyclic) bond motifs is 1. The number of anilines is 1. The fourth-order valence-corrected chi connectivity index (χ4v) is 2.69. The molecule has 0 radical (unpaired) electrons. The second-order valence-electron chi connectivity index (χ2n) is 5.13. The Morgan fingerprint density at radius 3 is 3.22 bits per heavy atom. The Morgan fingerprint density at radius 2 is 2.28 bits per heavy atom. The number of pyridine rings is 1. The lowest BCUT2D eigenvalue weighted by Crippen LogP contribution is -2.29. The summed E-state index contributed by atoms with van der Waals surface area (Å²) in [6, 6.07) is 8.58. The van der Waals surface area contributed by atoms with Crippen molar-refractivity contribution in [2.24, 2.45) is 5.92 Å². The molecule has 1 aromatic heterocycles. The zero-order chi connectivity index (χ0) is 12.4. The van der Waals surface area contributed by atoms with Crippen LogP contribution in [0.4, 0.5) is 5.69 Å². The molecule has 1 fully saturated rings. The van der Waals surface area contributed by atoms with Crippen LogP contribution in [0.1, 0.15) is 6.92 Å². The predicted molar refractivity (Wildman–Crippen MR) is 76.0 cm³/mol. The first-order valence-corrected chi connectivity index (χ1v) is 6.63. The third kappa shape index (κ3) is 2.18. The third-order valence-electron chi connectivity index (χ3n) is 3.58. The van der Waals surface area contributed by atoms with Gasteiger partial charge in [0.1, 0.15) is 0 Å². The summed E-state index contributed by atoms with van der Waals surface area (Å²) in [7, 11) is 0. The first kappa shape index (κ1) is 11.5. The fraction of sp³-hybridized carbons (Fsp3) is 0.400. The molecule has 2 aromatic rings. The molecule has 94 valence electrons. The molecular weight excluding hydrogens is 222 g/mol. The standard InChI is InChI=1S/C15H19N3/c1-12-9-17-7-8-18(11-12)15-4-2-3-13-5-6-16-10-14(13)15/h2-6,10,12,17H,7-9,11H2,1H3. The minimum absolute atomic E-state index is 0.680. The molecule has 3 rings (SSSR count). The van der Waals surface area contributed by atoms with E-state index in [1.165, 1.54) is 16.5 Å². The number of aromatic nitrogens is 1. The maximum atomic E-state index is 4.27. The van der Waals surface area contributed by atoms with Gasteiger partial charge in [-0.05, 0) is 30.0 Å². The summed E-state index contributed by atoms with van der Waals surface area (Å²) in [4.78, 5) is 6.75. The van der Waals surface area contributed by atoms with Crippen molar-refractivity contribution in [3.63, 3.8) is 0 Å².